The number of fused-ring (bicyclic) bond motifs is 1. The van der Waals surface area contributed by atoms with Gasteiger partial charge in [0, 0.05) is 26.1 Å². The SMILES string of the molecule is CC(=O)N[C@H]1C(C)(C)[C@@H]2C[C@@H]3[C@@H](c4cccc(OCCN(C)C)c4)OCCC31C2. The lowest BCUT2D eigenvalue weighted by Gasteiger charge is -2.53. The van der Waals surface area contributed by atoms with E-state index in [2.05, 4.69) is 56.4 Å². The summed E-state index contributed by atoms with van der Waals surface area (Å²) in [5.74, 6) is 2.08. The number of amides is 1. The van der Waals surface area contributed by atoms with Crippen molar-refractivity contribution in [2.24, 2.45) is 22.7 Å². The molecule has 5 atom stereocenters. The van der Waals surface area contributed by atoms with Crippen molar-refractivity contribution < 1.29 is 14.3 Å². The van der Waals surface area contributed by atoms with Crippen molar-refractivity contribution in [3.8, 4) is 5.75 Å². The molecule has 0 radical (unpaired) electrons. The van der Waals surface area contributed by atoms with Gasteiger partial charge in [0.05, 0.1) is 6.10 Å². The summed E-state index contributed by atoms with van der Waals surface area (Å²) >= 11 is 0. The van der Waals surface area contributed by atoms with E-state index < -0.39 is 0 Å². The van der Waals surface area contributed by atoms with Gasteiger partial charge in [0.15, 0.2) is 0 Å². The fraction of sp³-hybridized carbons (Fsp3) is 0.708. The molecule has 3 aliphatic rings. The van der Waals surface area contributed by atoms with Crippen LogP contribution in [0, 0.1) is 22.7 Å². The summed E-state index contributed by atoms with van der Waals surface area (Å²) in [5, 5.41) is 3.35. The predicted octanol–water partition coefficient (Wildman–Crippen LogP) is 3.65. The van der Waals surface area contributed by atoms with Crippen LogP contribution in [-0.4, -0.2) is 50.7 Å². The molecule has 5 nitrogen and oxygen atoms in total. The maximum Gasteiger partial charge on any atom is 0.217 e. The molecule has 2 aliphatic carbocycles. The lowest BCUT2D eigenvalue weighted by Crippen LogP contribution is -2.58. The van der Waals surface area contributed by atoms with E-state index in [-0.39, 0.29) is 28.9 Å². The van der Waals surface area contributed by atoms with Crippen molar-refractivity contribution in [3.63, 3.8) is 0 Å². The van der Waals surface area contributed by atoms with Crippen molar-refractivity contribution in [2.45, 2.75) is 52.2 Å². The lowest BCUT2D eigenvalue weighted by atomic mass is 9.59. The second-order valence-corrected chi connectivity index (χ2v) is 10.2. The Morgan fingerprint density at radius 2 is 2.14 bits per heavy atom. The standard InChI is InChI=1S/C24H36N2O3/c1-16(27)25-22-23(2,3)18-14-20-21(29-11-9-24(20,22)15-18)17-7-6-8-19(13-17)28-12-10-26(4)5/h6-8,13,18,20-22H,9-12,14-15H2,1-5H3,(H,25,27)/t18-,20-,21-,22+,24?/m1/s1. The highest BCUT2D eigenvalue weighted by atomic mass is 16.5. The first-order valence-corrected chi connectivity index (χ1v) is 11.0. The molecule has 1 N–H and O–H groups in total. The number of hydrogen-bond donors (Lipinski definition) is 1. The monoisotopic (exact) mass is 400 g/mol. The third kappa shape index (κ3) is 3.57. The van der Waals surface area contributed by atoms with E-state index in [0.717, 1.165) is 25.3 Å². The second kappa shape index (κ2) is 7.59. The minimum absolute atomic E-state index is 0.0820. The molecular formula is C24H36N2O3. The van der Waals surface area contributed by atoms with Crippen LogP contribution in [0.15, 0.2) is 24.3 Å². The summed E-state index contributed by atoms with van der Waals surface area (Å²) in [6, 6.07) is 8.66. The third-order valence-corrected chi connectivity index (χ3v) is 7.85. The Hall–Kier alpha value is -1.59. The summed E-state index contributed by atoms with van der Waals surface area (Å²) in [4.78, 5) is 14.1. The Balaban J connectivity index is 1.58. The Labute approximate surface area is 175 Å². The quantitative estimate of drug-likeness (QED) is 0.792. The lowest BCUT2D eigenvalue weighted by molar-refractivity contribution is -0.136. The summed E-state index contributed by atoms with van der Waals surface area (Å²) in [7, 11) is 4.11. The molecule has 0 aromatic heterocycles. The van der Waals surface area contributed by atoms with Crippen LogP contribution >= 0.6 is 0 Å². The Morgan fingerprint density at radius 1 is 1.34 bits per heavy atom. The van der Waals surface area contributed by atoms with Crippen LogP contribution in [0.2, 0.25) is 0 Å². The Kier molecular flexibility index (Phi) is 5.41. The van der Waals surface area contributed by atoms with E-state index in [9.17, 15) is 4.79 Å². The fourth-order valence-corrected chi connectivity index (χ4v) is 6.45. The molecule has 1 aromatic carbocycles. The fourth-order valence-electron chi connectivity index (χ4n) is 6.45. The molecule has 29 heavy (non-hydrogen) atoms. The van der Waals surface area contributed by atoms with Gasteiger partial charge in [-0.3, -0.25) is 4.79 Å². The maximum atomic E-state index is 12.0. The molecule has 1 saturated heterocycles. The van der Waals surface area contributed by atoms with Gasteiger partial charge in [0.2, 0.25) is 5.91 Å². The van der Waals surface area contributed by atoms with Crippen LogP contribution in [-0.2, 0) is 9.53 Å². The van der Waals surface area contributed by atoms with E-state index in [1.54, 1.807) is 6.92 Å². The first-order chi connectivity index (χ1) is 13.7. The highest BCUT2D eigenvalue weighted by Gasteiger charge is 2.68. The van der Waals surface area contributed by atoms with E-state index in [1.807, 2.05) is 6.07 Å². The normalized spacial score (nSPS) is 34.8. The molecular weight excluding hydrogens is 364 g/mol. The van der Waals surface area contributed by atoms with Crippen molar-refractivity contribution >= 4 is 5.91 Å². The zero-order valence-electron chi connectivity index (χ0n) is 18.5. The maximum absolute atomic E-state index is 12.0. The van der Waals surface area contributed by atoms with E-state index in [4.69, 9.17) is 9.47 Å². The number of benzene rings is 1. The van der Waals surface area contributed by atoms with Crippen LogP contribution in [0.25, 0.3) is 0 Å². The van der Waals surface area contributed by atoms with Crippen molar-refractivity contribution in [1.29, 1.82) is 0 Å². The van der Waals surface area contributed by atoms with Crippen LogP contribution in [0.5, 0.6) is 5.75 Å². The van der Waals surface area contributed by atoms with E-state index >= 15 is 0 Å². The highest BCUT2D eigenvalue weighted by molar-refractivity contribution is 5.73. The van der Waals surface area contributed by atoms with Gasteiger partial charge in [0.1, 0.15) is 12.4 Å². The topological polar surface area (TPSA) is 50.8 Å². The molecule has 160 valence electrons. The average molecular weight is 401 g/mol. The Bertz CT molecular complexity index is 762. The summed E-state index contributed by atoms with van der Waals surface area (Å²) in [6.07, 6.45) is 3.50. The average Bonchev–Trinajstić information content (AvgIpc) is 3.14. The largest absolute Gasteiger partial charge is 0.492 e. The molecule has 4 rings (SSSR count). The second-order valence-electron chi connectivity index (χ2n) is 10.2. The van der Waals surface area contributed by atoms with E-state index in [0.29, 0.717) is 18.4 Å². The van der Waals surface area contributed by atoms with Gasteiger partial charge in [0.25, 0.3) is 0 Å². The van der Waals surface area contributed by atoms with Crippen LogP contribution in [0.3, 0.4) is 0 Å². The predicted molar refractivity (Wildman–Crippen MR) is 114 cm³/mol. The number of carbonyl (C=O) groups is 1. The van der Waals surface area contributed by atoms with Gasteiger partial charge in [-0.15, -0.1) is 0 Å². The minimum Gasteiger partial charge on any atom is -0.492 e. The smallest absolute Gasteiger partial charge is 0.217 e. The Morgan fingerprint density at radius 3 is 2.86 bits per heavy atom. The van der Waals surface area contributed by atoms with Gasteiger partial charge >= 0.3 is 0 Å². The first-order valence-electron chi connectivity index (χ1n) is 11.0. The van der Waals surface area contributed by atoms with Crippen molar-refractivity contribution in [3.05, 3.63) is 29.8 Å². The number of carbonyl (C=O) groups excluding carboxylic acids is 1. The highest BCUT2D eigenvalue weighted by Crippen LogP contribution is 2.70. The van der Waals surface area contributed by atoms with Crippen LogP contribution in [0.1, 0.15) is 51.7 Å². The first kappa shape index (κ1) is 20.7. The molecule has 1 aromatic rings. The third-order valence-electron chi connectivity index (χ3n) is 7.85. The zero-order chi connectivity index (χ0) is 20.8. The van der Waals surface area contributed by atoms with Crippen molar-refractivity contribution in [2.75, 3.05) is 33.9 Å². The summed E-state index contributed by atoms with van der Waals surface area (Å²) in [5.41, 5.74) is 1.49. The molecule has 2 bridgehead atoms. The molecule has 5 heteroatoms. The minimum atomic E-state index is 0.0820. The van der Waals surface area contributed by atoms with Crippen LogP contribution < -0.4 is 10.1 Å². The zero-order valence-corrected chi connectivity index (χ0v) is 18.5. The number of ether oxygens (including phenoxy) is 2. The van der Waals surface area contributed by atoms with E-state index in [1.165, 1.54) is 18.4 Å². The molecule has 1 unspecified atom stereocenters. The number of likely N-dealkylation sites (N-methyl/N-ethyl adjacent to an activating group) is 1. The number of nitrogens with zero attached hydrogens (tertiary/aromatic N) is 1. The summed E-state index contributed by atoms with van der Waals surface area (Å²) in [6.45, 7) is 8.66. The van der Waals surface area contributed by atoms with Crippen molar-refractivity contribution in [1.82, 2.24) is 10.2 Å². The number of rotatable bonds is 6. The summed E-state index contributed by atoms with van der Waals surface area (Å²) < 4.78 is 12.3. The molecule has 1 aliphatic heterocycles. The molecule has 1 spiro atoms. The van der Waals surface area contributed by atoms with Crippen LogP contribution in [0.4, 0.5) is 0 Å². The van der Waals surface area contributed by atoms with Gasteiger partial charge in [-0.05, 0) is 73.7 Å². The molecule has 1 heterocycles. The van der Waals surface area contributed by atoms with Gasteiger partial charge in [-0.1, -0.05) is 26.0 Å². The number of nitrogens with one attached hydrogen (secondary N) is 1. The molecule has 2 saturated carbocycles. The van der Waals surface area contributed by atoms with Gasteiger partial charge in [-0.25, -0.2) is 0 Å². The van der Waals surface area contributed by atoms with Gasteiger partial charge in [-0.2, -0.15) is 0 Å². The number of hydrogen-bond acceptors (Lipinski definition) is 4. The van der Waals surface area contributed by atoms with Gasteiger partial charge < -0.3 is 19.7 Å². The molecule has 3 fully saturated rings. The molecule has 1 amide bonds.